The molecule has 0 amide bonds. The molecule has 8 nitrogen and oxygen atoms in total. The Balaban J connectivity index is 2.32. The number of nitrogens with zero attached hydrogens (tertiary/aromatic N) is 1. The number of aromatic nitrogens is 2. The fraction of sp³-hybridized carbons (Fsp3) is 0.545. The Kier molecular flexibility index (Phi) is 4.00. The maximum Gasteiger partial charge on any atom is 0.330 e. The molecular formula is C11H13FN2O6. The number of nitrogens with one attached hydrogen (secondary N) is 1. The predicted molar refractivity (Wildman–Crippen MR) is 62.8 cm³/mol. The highest BCUT2D eigenvalue weighted by molar-refractivity contribution is 5.66. The fourth-order valence-electron chi connectivity index (χ4n) is 2.03. The van der Waals surface area contributed by atoms with Crippen LogP contribution in [0.15, 0.2) is 21.9 Å². The Bertz CT molecular complexity index is 611. The van der Waals surface area contributed by atoms with E-state index in [0.29, 0.717) is 0 Å². The van der Waals surface area contributed by atoms with Gasteiger partial charge < -0.3 is 14.6 Å². The number of carbonyl (C=O) groups excluding carboxylic acids is 1. The lowest BCUT2D eigenvalue weighted by Gasteiger charge is -2.17. The zero-order chi connectivity index (χ0) is 14.9. The number of hydrogen-bond donors (Lipinski definition) is 2. The second-order valence-electron chi connectivity index (χ2n) is 4.28. The van der Waals surface area contributed by atoms with E-state index < -0.39 is 48.4 Å². The van der Waals surface area contributed by atoms with Crippen LogP contribution in [0.4, 0.5) is 4.39 Å². The molecule has 1 aliphatic heterocycles. The minimum Gasteiger partial charge on any atom is -0.456 e. The number of aliphatic hydroxyl groups excluding tert-OH is 1. The van der Waals surface area contributed by atoms with Crippen LogP contribution in [-0.4, -0.2) is 45.6 Å². The molecule has 0 aromatic carbocycles. The minimum atomic E-state index is -1.85. The maximum atomic E-state index is 14.3. The average Bonchev–Trinajstić information content (AvgIpc) is 2.67. The molecule has 110 valence electrons. The SMILES string of the molecule is CC(=O)OC1[C@@H](CO)O[C@@H](n2ccc(=O)[nH]c2=O)[C@H]1F. The molecule has 0 spiro atoms. The molecule has 1 unspecified atom stereocenters. The molecule has 2 heterocycles. The van der Waals surface area contributed by atoms with Crippen molar-refractivity contribution in [3.63, 3.8) is 0 Å². The van der Waals surface area contributed by atoms with Crippen LogP contribution < -0.4 is 11.2 Å². The predicted octanol–water partition coefficient (Wildman–Crippen LogP) is -1.30. The van der Waals surface area contributed by atoms with Crippen molar-refractivity contribution in [2.45, 2.75) is 31.5 Å². The van der Waals surface area contributed by atoms with Gasteiger partial charge in [0.2, 0.25) is 0 Å². The molecule has 1 fully saturated rings. The van der Waals surface area contributed by atoms with Crippen molar-refractivity contribution in [3.05, 3.63) is 33.1 Å². The van der Waals surface area contributed by atoms with E-state index >= 15 is 0 Å². The third kappa shape index (κ3) is 2.63. The highest BCUT2D eigenvalue weighted by Crippen LogP contribution is 2.32. The quantitative estimate of drug-likeness (QED) is 0.669. The van der Waals surface area contributed by atoms with Gasteiger partial charge in [0.05, 0.1) is 6.61 Å². The van der Waals surface area contributed by atoms with E-state index in [-0.39, 0.29) is 0 Å². The van der Waals surface area contributed by atoms with Gasteiger partial charge in [0.25, 0.3) is 5.56 Å². The average molecular weight is 288 g/mol. The maximum absolute atomic E-state index is 14.3. The number of H-pyrrole nitrogens is 1. The van der Waals surface area contributed by atoms with Gasteiger partial charge in [-0.25, -0.2) is 9.18 Å². The number of carbonyl (C=O) groups is 1. The molecule has 1 aromatic rings. The van der Waals surface area contributed by atoms with Crippen LogP contribution in [0.3, 0.4) is 0 Å². The highest BCUT2D eigenvalue weighted by atomic mass is 19.1. The normalized spacial score (nSPS) is 29.4. The van der Waals surface area contributed by atoms with E-state index in [4.69, 9.17) is 14.6 Å². The topological polar surface area (TPSA) is 111 Å². The lowest BCUT2D eigenvalue weighted by molar-refractivity contribution is -0.152. The van der Waals surface area contributed by atoms with Crippen molar-refractivity contribution in [2.75, 3.05) is 6.61 Å². The fourth-order valence-corrected chi connectivity index (χ4v) is 2.03. The van der Waals surface area contributed by atoms with E-state index in [1.165, 1.54) is 0 Å². The number of hydrogen-bond acceptors (Lipinski definition) is 6. The first-order valence-corrected chi connectivity index (χ1v) is 5.83. The van der Waals surface area contributed by atoms with Crippen LogP contribution in [0.25, 0.3) is 0 Å². The number of aromatic amines is 1. The summed E-state index contributed by atoms with van der Waals surface area (Å²) in [5.41, 5.74) is -1.49. The summed E-state index contributed by atoms with van der Waals surface area (Å²) in [5, 5.41) is 9.12. The molecule has 9 heteroatoms. The summed E-state index contributed by atoms with van der Waals surface area (Å²) in [7, 11) is 0. The van der Waals surface area contributed by atoms with Gasteiger partial charge >= 0.3 is 11.7 Å². The third-order valence-electron chi connectivity index (χ3n) is 2.87. The van der Waals surface area contributed by atoms with E-state index in [9.17, 15) is 18.8 Å². The monoisotopic (exact) mass is 288 g/mol. The van der Waals surface area contributed by atoms with E-state index in [1.807, 2.05) is 4.98 Å². The second kappa shape index (κ2) is 5.55. The van der Waals surface area contributed by atoms with Crippen molar-refractivity contribution in [1.29, 1.82) is 0 Å². The van der Waals surface area contributed by atoms with E-state index in [1.54, 1.807) is 0 Å². The smallest absolute Gasteiger partial charge is 0.330 e. The second-order valence-corrected chi connectivity index (χ2v) is 4.28. The van der Waals surface area contributed by atoms with Crippen LogP contribution in [0.5, 0.6) is 0 Å². The summed E-state index contributed by atoms with van der Waals surface area (Å²) >= 11 is 0. The molecule has 1 saturated heterocycles. The third-order valence-corrected chi connectivity index (χ3v) is 2.87. The van der Waals surface area contributed by atoms with Crippen molar-refractivity contribution in [3.8, 4) is 0 Å². The summed E-state index contributed by atoms with van der Waals surface area (Å²) in [5.74, 6) is -0.728. The summed E-state index contributed by atoms with van der Waals surface area (Å²) < 4.78 is 25.0. The molecule has 4 atom stereocenters. The summed E-state index contributed by atoms with van der Waals surface area (Å²) in [6.07, 6.45) is -4.57. The molecule has 0 bridgehead atoms. The number of halogens is 1. The standard InChI is InChI=1S/C11H13FN2O6/c1-5(16)19-9-6(4-15)20-10(8(9)12)14-3-2-7(17)13-11(14)18/h2-3,6,8-10,15H,4H2,1H3,(H,13,17,18)/t6-,8+,9?,10-/m1/s1. The van der Waals surface area contributed by atoms with Gasteiger partial charge in [-0.3, -0.25) is 19.1 Å². The lowest BCUT2D eigenvalue weighted by atomic mass is 10.1. The minimum absolute atomic E-state index is 0.576. The van der Waals surface area contributed by atoms with Crippen LogP contribution in [0, 0.1) is 0 Å². The van der Waals surface area contributed by atoms with Crippen molar-refractivity contribution in [2.24, 2.45) is 0 Å². The van der Waals surface area contributed by atoms with Crippen LogP contribution in [0.2, 0.25) is 0 Å². The van der Waals surface area contributed by atoms with Crippen molar-refractivity contribution >= 4 is 5.97 Å². The Morgan fingerprint density at radius 1 is 1.60 bits per heavy atom. The Hall–Kier alpha value is -2.00. The first-order chi connectivity index (χ1) is 9.43. The summed E-state index contributed by atoms with van der Waals surface area (Å²) in [6.45, 7) is 0.521. The van der Waals surface area contributed by atoms with Crippen molar-refractivity contribution < 1.29 is 23.8 Å². The number of esters is 1. The summed E-state index contributed by atoms with van der Waals surface area (Å²) in [6, 6.07) is 1.03. The van der Waals surface area contributed by atoms with Gasteiger partial charge in [-0.1, -0.05) is 0 Å². The number of aliphatic hydroxyl groups is 1. The Morgan fingerprint density at radius 3 is 2.85 bits per heavy atom. The molecule has 0 saturated carbocycles. The van der Waals surface area contributed by atoms with Gasteiger partial charge in [0.1, 0.15) is 6.10 Å². The first-order valence-electron chi connectivity index (χ1n) is 5.83. The van der Waals surface area contributed by atoms with E-state index in [0.717, 1.165) is 23.8 Å². The summed E-state index contributed by atoms with van der Waals surface area (Å²) in [4.78, 5) is 35.4. The molecule has 1 aliphatic rings. The van der Waals surface area contributed by atoms with Gasteiger partial charge in [-0.2, -0.15) is 0 Å². The van der Waals surface area contributed by atoms with E-state index in [2.05, 4.69) is 0 Å². The zero-order valence-electron chi connectivity index (χ0n) is 10.5. The zero-order valence-corrected chi connectivity index (χ0v) is 10.5. The van der Waals surface area contributed by atoms with Gasteiger partial charge in [0, 0.05) is 19.2 Å². The molecule has 2 rings (SSSR count). The van der Waals surface area contributed by atoms with Gasteiger partial charge in [-0.15, -0.1) is 0 Å². The number of ether oxygens (including phenoxy) is 2. The molecule has 20 heavy (non-hydrogen) atoms. The Morgan fingerprint density at radius 2 is 2.30 bits per heavy atom. The molecule has 0 aliphatic carbocycles. The molecule has 1 aromatic heterocycles. The van der Waals surface area contributed by atoms with Crippen molar-refractivity contribution in [1.82, 2.24) is 9.55 Å². The van der Waals surface area contributed by atoms with Crippen LogP contribution in [0.1, 0.15) is 13.2 Å². The molecule has 2 N–H and O–H groups in total. The number of alkyl halides is 1. The van der Waals surface area contributed by atoms with Gasteiger partial charge in [-0.05, 0) is 0 Å². The largest absolute Gasteiger partial charge is 0.456 e. The van der Waals surface area contributed by atoms with Crippen LogP contribution in [-0.2, 0) is 14.3 Å². The Labute approximate surface area is 111 Å². The van der Waals surface area contributed by atoms with Gasteiger partial charge in [0.15, 0.2) is 18.5 Å². The highest BCUT2D eigenvalue weighted by Gasteiger charge is 2.48. The number of rotatable bonds is 3. The lowest BCUT2D eigenvalue weighted by Crippen LogP contribution is -2.37. The van der Waals surface area contributed by atoms with Crippen LogP contribution >= 0.6 is 0 Å². The first kappa shape index (κ1) is 14.4. The molecular weight excluding hydrogens is 275 g/mol. The molecule has 0 radical (unpaired) electrons.